The van der Waals surface area contributed by atoms with Gasteiger partial charge >= 0.3 is 0 Å². The Bertz CT molecular complexity index is 627. The van der Waals surface area contributed by atoms with E-state index in [1.165, 1.54) is 10.9 Å². The first-order valence-electron chi connectivity index (χ1n) is 5.93. The van der Waals surface area contributed by atoms with Crippen molar-refractivity contribution in [2.75, 3.05) is 0 Å². The number of carbonyl (C=O) groups is 1. The summed E-state index contributed by atoms with van der Waals surface area (Å²) in [5, 5.41) is 6.38. The third-order valence-corrected chi connectivity index (χ3v) is 2.83. The van der Waals surface area contributed by atoms with Crippen molar-refractivity contribution in [2.24, 2.45) is 12.8 Å². The molecule has 20 heavy (non-hydrogen) atoms. The molecule has 2 rings (SSSR count). The predicted octanol–water partition coefficient (Wildman–Crippen LogP) is 1.01. The molecule has 0 aliphatic carbocycles. The first-order chi connectivity index (χ1) is 9.47. The molecule has 5 nitrogen and oxygen atoms in total. The summed E-state index contributed by atoms with van der Waals surface area (Å²) in [6, 6.07) is 2.16. The molecule has 0 fully saturated rings. The van der Waals surface area contributed by atoms with Crippen molar-refractivity contribution in [3.8, 4) is 0 Å². The largest absolute Gasteiger partial charge is 0.350 e. The molecule has 1 aromatic carbocycles. The van der Waals surface area contributed by atoms with E-state index in [-0.39, 0.29) is 12.1 Å². The van der Waals surface area contributed by atoms with Gasteiger partial charge in [0.1, 0.15) is 17.7 Å². The Balaban J connectivity index is 2.00. The van der Waals surface area contributed by atoms with Gasteiger partial charge in [-0.2, -0.15) is 5.10 Å². The Morgan fingerprint density at radius 1 is 1.50 bits per heavy atom. The van der Waals surface area contributed by atoms with Crippen LogP contribution in [-0.2, 0) is 18.4 Å². The number of hydrogen-bond donors (Lipinski definition) is 2. The highest BCUT2D eigenvalue weighted by Gasteiger charge is 2.17. The summed E-state index contributed by atoms with van der Waals surface area (Å²) in [6.07, 6.45) is 3.10. The van der Waals surface area contributed by atoms with Crippen LogP contribution in [0.25, 0.3) is 0 Å². The third-order valence-electron chi connectivity index (χ3n) is 2.83. The Hall–Kier alpha value is -2.28. The number of benzene rings is 1. The van der Waals surface area contributed by atoms with Gasteiger partial charge in [0.15, 0.2) is 0 Å². The van der Waals surface area contributed by atoms with Crippen LogP contribution >= 0.6 is 0 Å². The fourth-order valence-corrected chi connectivity index (χ4v) is 1.72. The van der Waals surface area contributed by atoms with Crippen LogP contribution < -0.4 is 11.1 Å². The van der Waals surface area contributed by atoms with Crippen molar-refractivity contribution >= 4 is 5.91 Å². The summed E-state index contributed by atoms with van der Waals surface area (Å²) in [4.78, 5) is 11.8. The van der Waals surface area contributed by atoms with Gasteiger partial charge in [-0.15, -0.1) is 0 Å². The molecule has 0 aliphatic rings. The summed E-state index contributed by atoms with van der Waals surface area (Å²) in [5.41, 5.74) is 6.36. The van der Waals surface area contributed by atoms with E-state index in [0.717, 1.165) is 18.2 Å². The lowest BCUT2D eigenvalue weighted by Crippen LogP contribution is -2.33. The number of nitrogens with one attached hydrogen (secondary N) is 1. The van der Waals surface area contributed by atoms with E-state index in [4.69, 9.17) is 5.73 Å². The average Bonchev–Trinajstić information content (AvgIpc) is 2.85. The molecule has 0 aliphatic heterocycles. The summed E-state index contributed by atoms with van der Waals surface area (Å²) in [7, 11) is 1.70. The first-order valence-corrected chi connectivity index (χ1v) is 5.93. The molecule has 1 atom stereocenters. The molecule has 0 bridgehead atoms. The zero-order valence-corrected chi connectivity index (χ0v) is 10.8. The molecule has 0 radical (unpaired) electrons. The molecule has 0 saturated carbocycles. The molecule has 1 unspecified atom stereocenters. The van der Waals surface area contributed by atoms with Crippen LogP contribution in [0.1, 0.15) is 17.2 Å². The minimum atomic E-state index is -0.902. The lowest BCUT2D eigenvalue weighted by atomic mass is 10.1. The summed E-state index contributed by atoms with van der Waals surface area (Å²) in [5.74, 6) is -1.63. The molecule has 1 amide bonds. The number of aryl methyl sites for hydroxylation is 1. The van der Waals surface area contributed by atoms with Gasteiger partial charge in [-0.25, -0.2) is 8.78 Å². The second-order valence-electron chi connectivity index (χ2n) is 4.38. The number of rotatable bonds is 4. The van der Waals surface area contributed by atoms with Crippen molar-refractivity contribution in [2.45, 2.75) is 12.6 Å². The number of nitrogens with two attached hydrogens (primary N) is 1. The second kappa shape index (κ2) is 5.79. The highest BCUT2D eigenvalue weighted by atomic mass is 19.1. The Morgan fingerprint density at radius 3 is 2.90 bits per heavy atom. The van der Waals surface area contributed by atoms with Crippen molar-refractivity contribution < 1.29 is 13.6 Å². The van der Waals surface area contributed by atoms with E-state index in [1.54, 1.807) is 13.2 Å². The normalized spacial score (nSPS) is 12.2. The number of halogens is 2. The molecule has 0 saturated heterocycles. The average molecular weight is 280 g/mol. The van der Waals surface area contributed by atoms with Crippen molar-refractivity contribution in [1.29, 1.82) is 0 Å². The highest BCUT2D eigenvalue weighted by molar-refractivity contribution is 5.82. The summed E-state index contributed by atoms with van der Waals surface area (Å²) >= 11 is 0. The van der Waals surface area contributed by atoms with E-state index < -0.39 is 23.6 Å². The zero-order valence-electron chi connectivity index (χ0n) is 10.8. The number of amides is 1. The van der Waals surface area contributed by atoms with Crippen LogP contribution in [-0.4, -0.2) is 15.7 Å². The molecular weight excluding hydrogens is 266 g/mol. The van der Waals surface area contributed by atoms with Crippen LogP contribution in [0, 0.1) is 11.6 Å². The Morgan fingerprint density at radius 2 is 2.25 bits per heavy atom. The lowest BCUT2D eigenvalue weighted by molar-refractivity contribution is -0.122. The van der Waals surface area contributed by atoms with E-state index in [9.17, 15) is 13.6 Å². The van der Waals surface area contributed by atoms with Gasteiger partial charge in [-0.3, -0.25) is 9.48 Å². The maximum Gasteiger partial charge on any atom is 0.241 e. The monoisotopic (exact) mass is 280 g/mol. The highest BCUT2D eigenvalue weighted by Crippen LogP contribution is 2.11. The first kappa shape index (κ1) is 14.1. The minimum Gasteiger partial charge on any atom is -0.350 e. The standard InChI is InChI=1S/C13H14F2N4O/c1-19-7-9(6-18-19)12(16)13(20)17-5-8-4-10(14)2-3-11(8)15/h2-4,6-7,12H,5,16H2,1H3,(H,17,20). The summed E-state index contributed by atoms with van der Waals surface area (Å²) < 4.78 is 27.9. The van der Waals surface area contributed by atoms with Crippen molar-refractivity contribution in [1.82, 2.24) is 15.1 Å². The van der Waals surface area contributed by atoms with Gasteiger partial charge in [0, 0.05) is 30.9 Å². The molecule has 1 heterocycles. The van der Waals surface area contributed by atoms with E-state index in [2.05, 4.69) is 10.4 Å². The van der Waals surface area contributed by atoms with Crippen LogP contribution in [0.4, 0.5) is 8.78 Å². The van der Waals surface area contributed by atoms with E-state index >= 15 is 0 Å². The summed E-state index contributed by atoms with van der Waals surface area (Å²) in [6.45, 7) is -0.129. The molecule has 7 heteroatoms. The fourth-order valence-electron chi connectivity index (χ4n) is 1.72. The molecule has 0 spiro atoms. The minimum absolute atomic E-state index is 0.0664. The second-order valence-corrected chi connectivity index (χ2v) is 4.38. The van der Waals surface area contributed by atoms with Gasteiger partial charge in [-0.1, -0.05) is 0 Å². The molecule has 2 aromatic rings. The molecule has 106 valence electrons. The maximum absolute atomic E-state index is 13.4. The Labute approximate surface area is 114 Å². The number of hydrogen-bond acceptors (Lipinski definition) is 3. The quantitative estimate of drug-likeness (QED) is 0.878. The Kier molecular flexibility index (Phi) is 4.09. The van der Waals surface area contributed by atoms with Crippen LogP contribution in [0.5, 0.6) is 0 Å². The molecule has 3 N–H and O–H groups in total. The van der Waals surface area contributed by atoms with Crippen molar-refractivity contribution in [3.05, 3.63) is 53.4 Å². The van der Waals surface area contributed by atoms with E-state index in [1.807, 2.05) is 0 Å². The molecular formula is C13H14F2N4O. The smallest absolute Gasteiger partial charge is 0.241 e. The van der Waals surface area contributed by atoms with Gasteiger partial charge in [-0.05, 0) is 18.2 Å². The number of nitrogens with zero attached hydrogens (tertiary/aromatic N) is 2. The predicted molar refractivity (Wildman–Crippen MR) is 68.3 cm³/mol. The van der Waals surface area contributed by atoms with Crippen LogP contribution in [0.3, 0.4) is 0 Å². The number of carbonyl (C=O) groups excluding carboxylic acids is 1. The maximum atomic E-state index is 13.4. The van der Waals surface area contributed by atoms with Crippen LogP contribution in [0.15, 0.2) is 30.6 Å². The van der Waals surface area contributed by atoms with Gasteiger partial charge < -0.3 is 11.1 Å². The van der Waals surface area contributed by atoms with Gasteiger partial charge in [0.2, 0.25) is 5.91 Å². The SMILES string of the molecule is Cn1cc(C(N)C(=O)NCc2cc(F)ccc2F)cn1. The zero-order chi connectivity index (χ0) is 14.7. The van der Waals surface area contributed by atoms with Gasteiger partial charge in [0.05, 0.1) is 6.20 Å². The third kappa shape index (κ3) is 3.18. The number of aromatic nitrogens is 2. The van der Waals surface area contributed by atoms with Crippen molar-refractivity contribution in [3.63, 3.8) is 0 Å². The fraction of sp³-hybridized carbons (Fsp3) is 0.231. The van der Waals surface area contributed by atoms with Gasteiger partial charge in [0.25, 0.3) is 0 Å². The van der Waals surface area contributed by atoms with Crippen LogP contribution in [0.2, 0.25) is 0 Å². The topological polar surface area (TPSA) is 72.9 Å². The van der Waals surface area contributed by atoms with E-state index in [0.29, 0.717) is 5.56 Å². The lowest BCUT2D eigenvalue weighted by Gasteiger charge is -2.11. The molecule has 1 aromatic heterocycles.